The van der Waals surface area contributed by atoms with E-state index in [0.717, 1.165) is 41.4 Å². The summed E-state index contributed by atoms with van der Waals surface area (Å²) >= 11 is 0. The third-order valence-electron chi connectivity index (χ3n) is 4.58. The molecular weight excluding hydrogens is 260 g/mol. The van der Waals surface area contributed by atoms with Crippen molar-refractivity contribution in [3.8, 4) is 0 Å². The van der Waals surface area contributed by atoms with Gasteiger partial charge in [-0.15, -0.1) is 0 Å². The van der Waals surface area contributed by atoms with Crippen molar-refractivity contribution in [2.24, 2.45) is 5.92 Å². The normalized spacial score (nSPS) is 16.9. The van der Waals surface area contributed by atoms with Gasteiger partial charge >= 0.3 is 0 Å². The number of benzene rings is 1. The highest BCUT2D eigenvalue weighted by atomic mass is 15.1. The first-order valence-electron chi connectivity index (χ1n) is 8.13. The minimum absolute atomic E-state index is 0.784. The monoisotopic (exact) mass is 286 g/mol. The number of nitrogens with two attached hydrogens (primary N) is 1. The van der Waals surface area contributed by atoms with Crippen LogP contribution in [0.2, 0.25) is 0 Å². The average Bonchev–Trinajstić information content (AvgIpc) is 2.88. The Labute approximate surface area is 126 Å². The first-order chi connectivity index (χ1) is 10.2. The second kappa shape index (κ2) is 6.48. The number of hydrogen-bond acceptors (Lipinski definition) is 3. The fourth-order valence-electron chi connectivity index (χ4n) is 3.40. The van der Waals surface area contributed by atoms with E-state index >= 15 is 0 Å². The lowest BCUT2D eigenvalue weighted by atomic mass is 9.89. The molecule has 1 fully saturated rings. The highest BCUT2D eigenvalue weighted by Gasteiger charge is 2.15. The van der Waals surface area contributed by atoms with Crippen LogP contribution in [-0.4, -0.2) is 35.0 Å². The number of nitrogens with one attached hydrogen (secondary N) is 1. The van der Waals surface area contributed by atoms with E-state index in [1.807, 2.05) is 18.2 Å². The smallest absolute Gasteiger partial charge is 0.108 e. The quantitative estimate of drug-likeness (QED) is 0.830. The van der Waals surface area contributed by atoms with Crippen LogP contribution in [0.15, 0.2) is 18.2 Å². The Hall–Kier alpha value is -1.55. The van der Waals surface area contributed by atoms with Crippen molar-refractivity contribution < 1.29 is 0 Å². The number of rotatable bonds is 5. The zero-order chi connectivity index (χ0) is 14.7. The van der Waals surface area contributed by atoms with Crippen molar-refractivity contribution in [1.82, 2.24) is 14.9 Å². The van der Waals surface area contributed by atoms with Crippen molar-refractivity contribution >= 4 is 16.7 Å². The van der Waals surface area contributed by atoms with Crippen molar-refractivity contribution in [3.63, 3.8) is 0 Å². The molecule has 0 unspecified atom stereocenters. The zero-order valence-corrected chi connectivity index (χ0v) is 12.9. The number of likely N-dealkylation sites (N-methyl/N-ethyl adjacent to an activating group) is 1. The van der Waals surface area contributed by atoms with Crippen LogP contribution in [0.3, 0.4) is 0 Å². The summed E-state index contributed by atoms with van der Waals surface area (Å²) in [6.45, 7) is 2.29. The zero-order valence-electron chi connectivity index (χ0n) is 12.9. The Morgan fingerprint density at radius 1 is 1.29 bits per heavy atom. The second-order valence-corrected chi connectivity index (χ2v) is 6.48. The molecule has 0 amide bonds. The van der Waals surface area contributed by atoms with Gasteiger partial charge in [-0.25, -0.2) is 4.98 Å². The largest absolute Gasteiger partial charge is 0.399 e. The van der Waals surface area contributed by atoms with Gasteiger partial charge < -0.3 is 15.6 Å². The minimum atomic E-state index is 0.784. The molecular formula is C17H26N4. The summed E-state index contributed by atoms with van der Waals surface area (Å²) in [6.07, 6.45) is 8.07. The summed E-state index contributed by atoms with van der Waals surface area (Å²) < 4.78 is 0. The van der Waals surface area contributed by atoms with Crippen LogP contribution in [0, 0.1) is 5.92 Å². The number of aromatic nitrogens is 2. The third kappa shape index (κ3) is 3.76. The molecule has 0 bridgehead atoms. The third-order valence-corrected chi connectivity index (χ3v) is 4.58. The highest BCUT2D eigenvalue weighted by molar-refractivity contribution is 5.78. The highest BCUT2D eigenvalue weighted by Crippen LogP contribution is 2.24. The molecule has 0 saturated heterocycles. The molecule has 21 heavy (non-hydrogen) atoms. The van der Waals surface area contributed by atoms with Gasteiger partial charge in [0.15, 0.2) is 0 Å². The first-order valence-corrected chi connectivity index (χ1v) is 8.13. The Morgan fingerprint density at radius 3 is 2.90 bits per heavy atom. The Kier molecular flexibility index (Phi) is 4.44. The number of nitrogens with zero attached hydrogens (tertiary/aromatic N) is 2. The predicted molar refractivity (Wildman–Crippen MR) is 88.3 cm³/mol. The predicted octanol–water partition coefficient (Wildman–Crippen LogP) is 3.20. The van der Waals surface area contributed by atoms with Crippen LogP contribution >= 0.6 is 0 Å². The maximum atomic E-state index is 5.80. The van der Waals surface area contributed by atoms with Crippen LogP contribution in [-0.2, 0) is 6.42 Å². The molecule has 0 spiro atoms. The van der Waals surface area contributed by atoms with E-state index in [2.05, 4.69) is 21.9 Å². The first kappa shape index (κ1) is 14.4. The lowest BCUT2D eigenvalue weighted by Gasteiger charge is -2.26. The number of fused-ring (bicyclic) bond motifs is 1. The van der Waals surface area contributed by atoms with Crippen LogP contribution in [0.4, 0.5) is 5.69 Å². The number of hydrogen-bond donors (Lipinski definition) is 2. The lowest BCUT2D eigenvalue weighted by Crippen LogP contribution is -2.29. The minimum Gasteiger partial charge on any atom is -0.399 e. The van der Waals surface area contributed by atoms with Gasteiger partial charge in [-0.2, -0.15) is 0 Å². The van der Waals surface area contributed by atoms with E-state index < -0.39 is 0 Å². The molecule has 2 aromatic rings. The van der Waals surface area contributed by atoms with Gasteiger partial charge in [-0.3, -0.25) is 0 Å². The van der Waals surface area contributed by atoms with Crippen LogP contribution in [0.1, 0.15) is 37.9 Å². The fraction of sp³-hybridized carbons (Fsp3) is 0.588. The number of anilines is 1. The topological polar surface area (TPSA) is 57.9 Å². The van der Waals surface area contributed by atoms with Crippen molar-refractivity contribution in [3.05, 3.63) is 24.0 Å². The summed E-state index contributed by atoms with van der Waals surface area (Å²) in [5.74, 6) is 1.96. The van der Waals surface area contributed by atoms with Gasteiger partial charge in [0.1, 0.15) is 5.82 Å². The molecule has 1 aliphatic carbocycles. The summed E-state index contributed by atoms with van der Waals surface area (Å²) in [5.41, 5.74) is 8.64. The maximum absolute atomic E-state index is 5.80. The fourth-order valence-corrected chi connectivity index (χ4v) is 3.40. The van der Waals surface area contributed by atoms with Crippen molar-refractivity contribution in [2.45, 2.75) is 38.5 Å². The number of nitrogen functional groups attached to an aromatic ring is 1. The van der Waals surface area contributed by atoms with E-state index in [0.29, 0.717) is 0 Å². The van der Waals surface area contributed by atoms with E-state index in [1.54, 1.807) is 0 Å². The summed E-state index contributed by atoms with van der Waals surface area (Å²) in [4.78, 5) is 10.5. The molecule has 0 atom stereocenters. The molecule has 0 aliphatic heterocycles. The Balaban J connectivity index is 1.53. The number of imidazole rings is 1. The Bertz CT molecular complexity index is 583. The summed E-state index contributed by atoms with van der Waals surface area (Å²) in [6, 6.07) is 5.84. The van der Waals surface area contributed by atoms with Crippen LogP contribution < -0.4 is 5.73 Å². The molecule has 114 valence electrons. The average molecular weight is 286 g/mol. The lowest BCUT2D eigenvalue weighted by molar-refractivity contribution is 0.234. The maximum Gasteiger partial charge on any atom is 0.108 e. The number of H-pyrrole nitrogens is 1. The molecule has 1 aromatic carbocycles. The van der Waals surface area contributed by atoms with Gasteiger partial charge in [0, 0.05) is 25.2 Å². The van der Waals surface area contributed by atoms with Gasteiger partial charge in [0.2, 0.25) is 0 Å². The molecule has 1 saturated carbocycles. The molecule has 1 aromatic heterocycles. The van der Waals surface area contributed by atoms with Gasteiger partial charge in [0.05, 0.1) is 11.0 Å². The molecule has 3 rings (SSSR count). The van der Waals surface area contributed by atoms with E-state index in [9.17, 15) is 0 Å². The van der Waals surface area contributed by atoms with Crippen molar-refractivity contribution in [1.29, 1.82) is 0 Å². The molecule has 4 nitrogen and oxygen atoms in total. The second-order valence-electron chi connectivity index (χ2n) is 6.48. The number of aromatic amines is 1. The van der Waals surface area contributed by atoms with Crippen molar-refractivity contribution in [2.75, 3.05) is 25.9 Å². The van der Waals surface area contributed by atoms with Crippen LogP contribution in [0.25, 0.3) is 11.0 Å². The summed E-state index contributed by atoms with van der Waals surface area (Å²) in [5, 5.41) is 0. The van der Waals surface area contributed by atoms with E-state index in [1.165, 1.54) is 38.6 Å². The van der Waals surface area contributed by atoms with E-state index in [4.69, 9.17) is 5.73 Å². The SMILES string of the molecule is CN(CCc1nc2ccc(N)cc2[nH]1)CC1CCCCC1. The Morgan fingerprint density at radius 2 is 2.10 bits per heavy atom. The summed E-state index contributed by atoms with van der Waals surface area (Å²) in [7, 11) is 2.23. The molecule has 4 heteroatoms. The molecule has 3 N–H and O–H groups in total. The van der Waals surface area contributed by atoms with Gasteiger partial charge in [-0.1, -0.05) is 19.3 Å². The molecule has 0 radical (unpaired) electrons. The molecule has 1 aliphatic rings. The van der Waals surface area contributed by atoms with Crippen LogP contribution in [0.5, 0.6) is 0 Å². The van der Waals surface area contributed by atoms with E-state index in [-0.39, 0.29) is 0 Å². The van der Waals surface area contributed by atoms with Gasteiger partial charge in [0.25, 0.3) is 0 Å². The molecule has 1 heterocycles. The van der Waals surface area contributed by atoms with Gasteiger partial charge in [-0.05, 0) is 44.0 Å². The standard InChI is InChI=1S/C17H26N4/c1-21(12-13-5-3-2-4-6-13)10-9-17-19-15-8-7-14(18)11-16(15)20-17/h7-8,11,13H,2-6,9-10,12,18H2,1H3,(H,19,20).